The summed E-state index contributed by atoms with van der Waals surface area (Å²) in [5.74, 6) is -2.45. The Kier molecular flexibility index (Phi) is 4.87. The van der Waals surface area contributed by atoms with E-state index < -0.39 is 17.2 Å². The molecule has 0 unspecified atom stereocenters. The lowest BCUT2D eigenvalue weighted by Crippen LogP contribution is -2.46. The fraction of sp³-hybridized carbons (Fsp3) is 0.294. The van der Waals surface area contributed by atoms with Crippen LogP contribution in [0.15, 0.2) is 30.7 Å². The first kappa shape index (κ1) is 17.5. The molecule has 1 aromatic carbocycles. The molecule has 2 amide bonds. The predicted molar refractivity (Wildman–Crippen MR) is 89.9 cm³/mol. The van der Waals surface area contributed by atoms with Gasteiger partial charge in [-0.2, -0.15) is 0 Å². The van der Waals surface area contributed by atoms with Gasteiger partial charge in [-0.3, -0.25) is 14.6 Å². The molecule has 0 radical (unpaired) electrons. The summed E-state index contributed by atoms with van der Waals surface area (Å²) in [6.45, 7) is 0.819. The van der Waals surface area contributed by atoms with E-state index in [4.69, 9.17) is 0 Å². The molecule has 1 aliphatic rings. The van der Waals surface area contributed by atoms with Gasteiger partial charge in [-0.25, -0.2) is 4.98 Å². The summed E-state index contributed by atoms with van der Waals surface area (Å²) in [5.41, 5.74) is 0.320. The molecule has 1 aliphatic heterocycles. The number of carbonyl (C=O) groups excluding carboxylic acids is 2. The minimum absolute atomic E-state index is 0.0832. The Hall–Kier alpha value is -3.36. The largest absolute Gasteiger partial charge is 0.504 e. The van der Waals surface area contributed by atoms with E-state index in [-0.39, 0.29) is 29.1 Å². The molecule has 0 spiro atoms. The highest BCUT2D eigenvalue weighted by molar-refractivity contribution is 5.95. The Morgan fingerprint density at radius 1 is 1.08 bits per heavy atom. The topological polar surface area (TPSA) is 136 Å². The Balaban J connectivity index is 1.58. The number of phenols is 3. The number of amides is 2. The van der Waals surface area contributed by atoms with Crippen LogP contribution in [0, 0.1) is 0 Å². The standard InChI is InChI=1S/C17H18N4O5/c22-13-7-10(8-14(23)15(13)24)17(26)21-5-1-11(2-6-21)20-16(25)12-9-18-3-4-19-12/h3-4,7-9,11,22-24H,1-2,5-6H2,(H,20,25). The zero-order valence-corrected chi connectivity index (χ0v) is 13.8. The lowest BCUT2D eigenvalue weighted by Gasteiger charge is -2.32. The van der Waals surface area contributed by atoms with Crippen LogP contribution >= 0.6 is 0 Å². The van der Waals surface area contributed by atoms with Gasteiger partial charge in [-0.15, -0.1) is 0 Å². The van der Waals surface area contributed by atoms with Crippen molar-refractivity contribution in [1.82, 2.24) is 20.2 Å². The number of hydrogen-bond acceptors (Lipinski definition) is 7. The van der Waals surface area contributed by atoms with E-state index in [0.29, 0.717) is 25.9 Å². The lowest BCUT2D eigenvalue weighted by molar-refractivity contribution is 0.0696. The summed E-state index contributed by atoms with van der Waals surface area (Å²) in [4.78, 5) is 33.9. The van der Waals surface area contributed by atoms with Crippen molar-refractivity contribution in [2.24, 2.45) is 0 Å². The Bertz CT molecular complexity index is 796. The molecule has 9 heteroatoms. The number of phenolic OH excluding ortho intramolecular Hbond substituents is 3. The third-order valence-corrected chi connectivity index (χ3v) is 4.23. The van der Waals surface area contributed by atoms with Gasteiger partial charge in [0.15, 0.2) is 17.2 Å². The van der Waals surface area contributed by atoms with Gasteiger partial charge in [0.05, 0.1) is 6.20 Å². The summed E-state index contributed by atoms with van der Waals surface area (Å²) < 4.78 is 0. The minimum Gasteiger partial charge on any atom is -0.504 e. The van der Waals surface area contributed by atoms with Crippen molar-refractivity contribution >= 4 is 11.8 Å². The van der Waals surface area contributed by atoms with Crippen LogP contribution in [0.1, 0.15) is 33.7 Å². The number of nitrogens with one attached hydrogen (secondary N) is 1. The van der Waals surface area contributed by atoms with E-state index in [9.17, 15) is 24.9 Å². The average Bonchev–Trinajstić information content (AvgIpc) is 2.66. The first-order valence-corrected chi connectivity index (χ1v) is 8.07. The Labute approximate surface area is 148 Å². The van der Waals surface area contributed by atoms with E-state index in [1.54, 1.807) is 4.90 Å². The fourth-order valence-electron chi connectivity index (χ4n) is 2.81. The number of hydrogen-bond donors (Lipinski definition) is 4. The van der Waals surface area contributed by atoms with Crippen molar-refractivity contribution in [1.29, 1.82) is 0 Å². The van der Waals surface area contributed by atoms with Crippen LogP contribution in [-0.4, -0.2) is 61.1 Å². The first-order valence-electron chi connectivity index (χ1n) is 8.07. The van der Waals surface area contributed by atoms with Gasteiger partial charge in [-0.05, 0) is 25.0 Å². The molecule has 136 valence electrons. The molecule has 0 atom stereocenters. The molecule has 26 heavy (non-hydrogen) atoms. The molecule has 2 aromatic rings. The molecule has 0 bridgehead atoms. The summed E-state index contributed by atoms with van der Waals surface area (Å²) in [7, 11) is 0. The van der Waals surface area contributed by atoms with Crippen molar-refractivity contribution in [3.05, 3.63) is 42.0 Å². The highest BCUT2D eigenvalue weighted by atomic mass is 16.3. The van der Waals surface area contributed by atoms with E-state index in [0.717, 1.165) is 12.1 Å². The van der Waals surface area contributed by atoms with Gasteiger partial charge >= 0.3 is 0 Å². The van der Waals surface area contributed by atoms with Crippen LogP contribution in [0.5, 0.6) is 17.2 Å². The maximum absolute atomic E-state index is 12.5. The number of aromatic hydroxyl groups is 3. The molecule has 2 heterocycles. The number of aromatic nitrogens is 2. The lowest BCUT2D eigenvalue weighted by atomic mass is 10.0. The molecule has 9 nitrogen and oxygen atoms in total. The second-order valence-corrected chi connectivity index (χ2v) is 5.99. The van der Waals surface area contributed by atoms with Gasteiger partial charge in [0.2, 0.25) is 0 Å². The smallest absolute Gasteiger partial charge is 0.271 e. The van der Waals surface area contributed by atoms with Crippen molar-refractivity contribution < 1.29 is 24.9 Å². The van der Waals surface area contributed by atoms with E-state index in [1.165, 1.54) is 18.6 Å². The molecule has 0 aliphatic carbocycles. The second-order valence-electron chi connectivity index (χ2n) is 5.99. The van der Waals surface area contributed by atoms with Crippen molar-refractivity contribution in [2.45, 2.75) is 18.9 Å². The molecular weight excluding hydrogens is 340 g/mol. The normalized spacial score (nSPS) is 14.8. The number of rotatable bonds is 3. The van der Waals surface area contributed by atoms with E-state index in [2.05, 4.69) is 15.3 Å². The van der Waals surface area contributed by atoms with Crippen molar-refractivity contribution in [2.75, 3.05) is 13.1 Å². The monoisotopic (exact) mass is 358 g/mol. The van der Waals surface area contributed by atoms with Gasteiger partial charge in [0.25, 0.3) is 11.8 Å². The Morgan fingerprint density at radius 2 is 1.73 bits per heavy atom. The van der Waals surface area contributed by atoms with E-state index in [1.807, 2.05) is 0 Å². The summed E-state index contributed by atoms with van der Waals surface area (Å²) >= 11 is 0. The number of nitrogens with zero attached hydrogens (tertiary/aromatic N) is 3. The maximum atomic E-state index is 12.5. The van der Waals surface area contributed by atoms with Crippen LogP contribution in [-0.2, 0) is 0 Å². The third kappa shape index (κ3) is 3.66. The molecule has 1 saturated heterocycles. The molecule has 3 rings (SSSR count). The van der Waals surface area contributed by atoms with Gasteiger partial charge in [0.1, 0.15) is 5.69 Å². The average molecular weight is 358 g/mol. The van der Waals surface area contributed by atoms with Crippen molar-refractivity contribution in [3.63, 3.8) is 0 Å². The zero-order valence-electron chi connectivity index (χ0n) is 13.8. The number of likely N-dealkylation sites (tertiary alicyclic amines) is 1. The maximum Gasteiger partial charge on any atom is 0.271 e. The van der Waals surface area contributed by atoms with Crippen LogP contribution in [0.2, 0.25) is 0 Å². The van der Waals surface area contributed by atoms with Crippen LogP contribution in [0.4, 0.5) is 0 Å². The van der Waals surface area contributed by atoms with Gasteiger partial charge in [-0.1, -0.05) is 0 Å². The molecule has 0 saturated carbocycles. The molecule has 4 N–H and O–H groups in total. The van der Waals surface area contributed by atoms with Crippen LogP contribution in [0.25, 0.3) is 0 Å². The second kappa shape index (κ2) is 7.26. The Morgan fingerprint density at radius 3 is 2.31 bits per heavy atom. The van der Waals surface area contributed by atoms with Crippen LogP contribution < -0.4 is 5.32 Å². The molecule has 1 fully saturated rings. The van der Waals surface area contributed by atoms with Crippen LogP contribution in [0.3, 0.4) is 0 Å². The summed E-state index contributed by atoms with van der Waals surface area (Å²) in [5, 5.41) is 31.3. The highest BCUT2D eigenvalue weighted by Crippen LogP contribution is 2.35. The van der Waals surface area contributed by atoms with Gasteiger partial charge in [0, 0.05) is 37.1 Å². The molecule has 1 aromatic heterocycles. The SMILES string of the molecule is O=C(NC1CCN(C(=O)c2cc(O)c(O)c(O)c2)CC1)c1cnccn1. The number of piperidine rings is 1. The fourth-order valence-corrected chi connectivity index (χ4v) is 2.81. The van der Waals surface area contributed by atoms with Crippen molar-refractivity contribution in [3.8, 4) is 17.2 Å². The summed E-state index contributed by atoms with van der Waals surface area (Å²) in [6, 6.07) is 2.13. The van der Waals surface area contributed by atoms with E-state index >= 15 is 0 Å². The minimum atomic E-state index is -0.660. The first-order chi connectivity index (χ1) is 12.5. The summed E-state index contributed by atoms with van der Waals surface area (Å²) in [6.07, 6.45) is 5.44. The quantitative estimate of drug-likeness (QED) is 0.591. The van der Waals surface area contributed by atoms with Gasteiger partial charge < -0.3 is 25.5 Å². The predicted octanol–water partition coefficient (Wildman–Crippen LogP) is 0.628. The third-order valence-electron chi connectivity index (χ3n) is 4.23. The zero-order chi connectivity index (χ0) is 18.7. The number of benzene rings is 1. The number of carbonyl (C=O) groups is 2. The molecular formula is C17H18N4O5. The highest BCUT2D eigenvalue weighted by Gasteiger charge is 2.26.